The van der Waals surface area contributed by atoms with Crippen LogP contribution in [0.2, 0.25) is 0 Å². The maximum Gasteiger partial charge on any atom is 0.0959 e. The Labute approximate surface area is 103 Å². The summed E-state index contributed by atoms with van der Waals surface area (Å²) in [6.45, 7) is 8.85. The van der Waals surface area contributed by atoms with E-state index >= 15 is 0 Å². The molecule has 0 atom stereocenters. The van der Waals surface area contributed by atoms with Crippen LogP contribution in [0.3, 0.4) is 0 Å². The van der Waals surface area contributed by atoms with Crippen LogP contribution < -0.4 is 0 Å². The minimum Gasteiger partial charge on any atom is -0.362 e. The highest BCUT2D eigenvalue weighted by molar-refractivity contribution is 5.81. The lowest BCUT2D eigenvalue weighted by Gasteiger charge is -2.14. The maximum atomic E-state index is 8.30. The highest BCUT2D eigenvalue weighted by atomic mass is 15.2. The fourth-order valence-corrected chi connectivity index (χ4v) is 1.70. The topological polar surface area (TPSA) is 55.0 Å². The average molecular weight is 235 g/mol. The van der Waals surface area contributed by atoms with Crippen molar-refractivity contribution in [1.82, 2.24) is 9.80 Å². The SMILES string of the molecule is CC1=NCCN1C.CC1=NCCN1CCC#N. The van der Waals surface area contributed by atoms with E-state index in [4.69, 9.17) is 5.26 Å². The van der Waals surface area contributed by atoms with Gasteiger partial charge < -0.3 is 9.80 Å². The van der Waals surface area contributed by atoms with Gasteiger partial charge in [0, 0.05) is 26.7 Å². The molecule has 5 nitrogen and oxygen atoms in total. The summed E-state index contributed by atoms with van der Waals surface area (Å²) in [5.41, 5.74) is 0. The first-order valence-electron chi connectivity index (χ1n) is 6.00. The molecule has 0 amide bonds. The van der Waals surface area contributed by atoms with Crippen LogP contribution in [0.15, 0.2) is 9.98 Å². The van der Waals surface area contributed by atoms with Crippen molar-refractivity contribution in [2.45, 2.75) is 20.3 Å². The fourth-order valence-electron chi connectivity index (χ4n) is 1.70. The monoisotopic (exact) mass is 235 g/mol. The number of hydrogen-bond donors (Lipinski definition) is 0. The molecule has 2 heterocycles. The largest absolute Gasteiger partial charge is 0.362 e. The Balaban J connectivity index is 0.000000181. The van der Waals surface area contributed by atoms with Gasteiger partial charge in [-0.3, -0.25) is 9.98 Å². The van der Waals surface area contributed by atoms with E-state index in [0.717, 1.165) is 38.6 Å². The van der Waals surface area contributed by atoms with Crippen molar-refractivity contribution in [3.8, 4) is 6.07 Å². The third-order valence-corrected chi connectivity index (χ3v) is 2.99. The van der Waals surface area contributed by atoms with Gasteiger partial charge in [-0.05, 0) is 13.8 Å². The van der Waals surface area contributed by atoms with Gasteiger partial charge in [0.1, 0.15) is 0 Å². The van der Waals surface area contributed by atoms with Gasteiger partial charge in [0.05, 0.1) is 37.3 Å². The van der Waals surface area contributed by atoms with E-state index in [0.29, 0.717) is 6.42 Å². The molecule has 2 aliphatic rings. The molecule has 94 valence electrons. The highest BCUT2D eigenvalue weighted by Crippen LogP contribution is 2.00. The summed E-state index contributed by atoms with van der Waals surface area (Å²) >= 11 is 0. The second kappa shape index (κ2) is 6.89. The standard InChI is InChI=1S/C7H11N3.C5H10N2/c1-7-9-4-6-10(7)5-2-3-8;1-5-6-3-4-7(5)2/h2,4-6H2,1H3;3-4H2,1-2H3. The third-order valence-electron chi connectivity index (χ3n) is 2.99. The quantitative estimate of drug-likeness (QED) is 0.717. The first-order valence-corrected chi connectivity index (χ1v) is 6.00. The molecule has 17 heavy (non-hydrogen) atoms. The molecule has 0 radical (unpaired) electrons. The van der Waals surface area contributed by atoms with Crippen molar-refractivity contribution in [3.05, 3.63) is 0 Å². The molecule has 0 aromatic carbocycles. The summed E-state index contributed by atoms with van der Waals surface area (Å²) in [6, 6.07) is 2.12. The van der Waals surface area contributed by atoms with Crippen LogP contribution in [0, 0.1) is 11.3 Å². The summed E-state index contributed by atoms with van der Waals surface area (Å²) in [5.74, 6) is 2.25. The maximum absolute atomic E-state index is 8.30. The first-order chi connectivity index (χ1) is 8.15. The number of amidine groups is 2. The fraction of sp³-hybridized carbons (Fsp3) is 0.750. The second-order valence-corrected chi connectivity index (χ2v) is 4.17. The Morgan fingerprint density at radius 2 is 1.82 bits per heavy atom. The lowest BCUT2D eigenvalue weighted by molar-refractivity contribution is 0.465. The van der Waals surface area contributed by atoms with E-state index in [1.165, 1.54) is 5.84 Å². The minimum absolute atomic E-state index is 0.604. The summed E-state index contributed by atoms with van der Waals surface area (Å²) in [6.07, 6.45) is 0.604. The van der Waals surface area contributed by atoms with Gasteiger partial charge >= 0.3 is 0 Å². The number of hydrogen-bond acceptors (Lipinski definition) is 5. The summed E-state index contributed by atoms with van der Waals surface area (Å²) < 4.78 is 0. The van der Waals surface area contributed by atoms with Gasteiger partial charge in [0.15, 0.2) is 0 Å². The normalized spacial score (nSPS) is 18.2. The zero-order valence-electron chi connectivity index (χ0n) is 11.0. The molecule has 0 saturated heterocycles. The Bertz CT molecular complexity index is 339. The number of aliphatic imine (C=N–C) groups is 2. The summed E-state index contributed by atoms with van der Waals surface area (Å²) in [7, 11) is 2.06. The van der Waals surface area contributed by atoms with E-state index in [1.807, 2.05) is 13.8 Å². The van der Waals surface area contributed by atoms with Crippen molar-refractivity contribution >= 4 is 11.7 Å². The lowest BCUT2D eigenvalue weighted by Crippen LogP contribution is -2.26. The molecule has 5 heteroatoms. The molecule has 0 saturated carbocycles. The molecule has 2 rings (SSSR count). The number of likely N-dealkylation sites (N-methyl/N-ethyl adjacent to an activating group) is 1. The number of nitriles is 1. The van der Waals surface area contributed by atoms with E-state index < -0.39 is 0 Å². The van der Waals surface area contributed by atoms with Crippen LogP contribution in [0.25, 0.3) is 0 Å². The minimum atomic E-state index is 0.604. The van der Waals surface area contributed by atoms with Gasteiger partial charge in [-0.1, -0.05) is 0 Å². The Kier molecular flexibility index (Phi) is 5.47. The predicted molar refractivity (Wildman–Crippen MR) is 70.4 cm³/mol. The zero-order chi connectivity index (χ0) is 12.7. The van der Waals surface area contributed by atoms with Crippen LogP contribution >= 0.6 is 0 Å². The average Bonchev–Trinajstić information content (AvgIpc) is 2.87. The molecular weight excluding hydrogens is 214 g/mol. The van der Waals surface area contributed by atoms with Crippen LogP contribution in [0.5, 0.6) is 0 Å². The van der Waals surface area contributed by atoms with Crippen molar-refractivity contribution < 1.29 is 0 Å². The molecular formula is C12H21N5. The highest BCUT2D eigenvalue weighted by Gasteiger charge is 2.10. The lowest BCUT2D eigenvalue weighted by atomic mass is 10.4. The first kappa shape index (κ1) is 13.5. The van der Waals surface area contributed by atoms with E-state index in [-0.39, 0.29) is 0 Å². The van der Waals surface area contributed by atoms with E-state index in [1.54, 1.807) is 0 Å². The van der Waals surface area contributed by atoms with Gasteiger partial charge in [0.25, 0.3) is 0 Å². The molecule has 0 unspecified atom stereocenters. The van der Waals surface area contributed by atoms with Crippen LogP contribution in [-0.4, -0.2) is 61.2 Å². The molecule has 0 aromatic heterocycles. The van der Waals surface area contributed by atoms with E-state index in [9.17, 15) is 0 Å². The van der Waals surface area contributed by atoms with Crippen LogP contribution in [0.1, 0.15) is 20.3 Å². The van der Waals surface area contributed by atoms with Gasteiger partial charge in [-0.2, -0.15) is 5.26 Å². The Morgan fingerprint density at radius 3 is 2.18 bits per heavy atom. The molecule has 0 N–H and O–H groups in total. The van der Waals surface area contributed by atoms with Crippen LogP contribution in [-0.2, 0) is 0 Å². The zero-order valence-corrected chi connectivity index (χ0v) is 11.0. The molecule has 0 fully saturated rings. The number of nitrogens with zero attached hydrogens (tertiary/aromatic N) is 5. The smallest absolute Gasteiger partial charge is 0.0959 e. The Morgan fingerprint density at radius 1 is 1.18 bits per heavy atom. The molecule has 0 aromatic rings. The molecule has 2 aliphatic heterocycles. The van der Waals surface area contributed by atoms with Crippen molar-refractivity contribution in [2.75, 3.05) is 39.8 Å². The van der Waals surface area contributed by atoms with Crippen molar-refractivity contribution in [1.29, 1.82) is 5.26 Å². The van der Waals surface area contributed by atoms with Crippen LogP contribution in [0.4, 0.5) is 0 Å². The third kappa shape index (κ3) is 4.43. The van der Waals surface area contributed by atoms with Gasteiger partial charge in [-0.15, -0.1) is 0 Å². The van der Waals surface area contributed by atoms with Gasteiger partial charge in [-0.25, -0.2) is 0 Å². The van der Waals surface area contributed by atoms with Gasteiger partial charge in [0.2, 0.25) is 0 Å². The Hall–Kier alpha value is -1.57. The van der Waals surface area contributed by atoms with Crippen molar-refractivity contribution in [3.63, 3.8) is 0 Å². The van der Waals surface area contributed by atoms with E-state index in [2.05, 4.69) is 32.9 Å². The molecule has 0 bridgehead atoms. The predicted octanol–water partition coefficient (Wildman–Crippen LogP) is 0.984. The summed E-state index contributed by atoms with van der Waals surface area (Å²) in [5, 5.41) is 8.30. The molecule has 0 spiro atoms. The number of rotatable bonds is 2. The molecule has 0 aliphatic carbocycles. The summed E-state index contributed by atoms with van der Waals surface area (Å²) in [4.78, 5) is 12.7. The van der Waals surface area contributed by atoms with Crippen molar-refractivity contribution in [2.24, 2.45) is 9.98 Å². The second-order valence-electron chi connectivity index (χ2n) is 4.17.